The second-order valence-electron chi connectivity index (χ2n) is 3.63. The van der Waals surface area contributed by atoms with Crippen molar-refractivity contribution in [2.45, 2.75) is 32.9 Å². The molecule has 0 radical (unpaired) electrons. The maximum atomic E-state index is 5.32. The molecule has 74 valence electrons. The zero-order valence-corrected chi connectivity index (χ0v) is 9.04. The van der Waals surface area contributed by atoms with Crippen LogP contribution in [0.25, 0.3) is 0 Å². The zero-order chi connectivity index (χ0) is 10.6. The minimum Gasteiger partial charge on any atom is -0.297 e. The molecule has 1 N–H and O–H groups in total. The van der Waals surface area contributed by atoms with Gasteiger partial charge in [0.25, 0.3) is 0 Å². The van der Waals surface area contributed by atoms with E-state index < -0.39 is 0 Å². The van der Waals surface area contributed by atoms with Crippen molar-refractivity contribution in [2.75, 3.05) is 0 Å². The molecule has 0 saturated carbocycles. The smallest absolute Gasteiger partial charge is 0.0662 e. The monoisotopic (exact) mass is 187 g/mol. The van der Waals surface area contributed by atoms with Crippen LogP contribution in [-0.2, 0) is 0 Å². The number of nitrogens with one attached hydrogen (secondary N) is 1. The third-order valence-electron chi connectivity index (χ3n) is 2.40. The summed E-state index contributed by atoms with van der Waals surface area (Å²) in [6.45, 7) is 6.25. The van der Waals surface area contributed by atoms with Crippen LogP contribution in [0.5, 0.6) is 0 Å². The molecule has 0 fully saturated rings. The normalized spacial score (nSPS) is 14.4. The standard InChI is InChI=1S/C13H17N/c1-5-11(3)14-12(4)13-9-7-6-8-10(13)2/h1,6-9,11-12,14H,2-4H3. The van der Waals surface area contributed by atoms with E-state index in [0.717, 1.165) is 0 Å². The Hall–Kier alpha value is -1.26. The van der Waals surface area contributed by atoms with E-state index >= 15 is 0 Å². The van der Waals surface area contributed by atoms with Crippen molar-refractivity contribution in [1.82, 2.24) is 5.32 Å². The molecule has 2 unspecified atom stereocenters. The highest BCUT2D eigenvalue weighted by molar-refractivity contribution is 5.28. The number of terminal acetylenes is 1. The highest BCUT2D eigenvalue weighted by atomic mass is 14.9. The van der Waals surface area contributed by atoms with E-state index in [2.05, 4.69) is 49.4 Å². The van der Waals surface area contributed by atoms with Gasteiger partial charge in [-0.05, 0) is 31.9 Å². The highest BCUT2D eigenvalue weighted by Gasteiger charge is 2.08. The molecule has 1 aromatic rings. The molecule has 0 bridgehead atoms. The van der Waals surface area contributed by atoms with Gasteiger partial charge in [-0.1, -0.05) is 30.2 Å². The van der Waals surface area contributed by atoms with Crippen LogP contribution in [0, 0.1) is 19.3 Å². The Morgan fingerprint density at radius 3 is 2.50 bits per heavy atom. The minimum absolute atomic E-state index is 0.115. The van der Waals surface area contributed by atoms with Crippen molar-refractivity contribution in [2.24, 2.45) is 0 Å². The van der Waals surface area contributed by atoms with Crippen molar-refractivity contribution < 1.29 is 0 Å². The van der Waals surface area contributed by atoms with Crippen molar-refractivity contribution >= 4 is 0 Å². The first-order chi connectivity index (χ1) is 6.65. The van der Waals surface area contributed by atoms with Gasteiger partial charge in [0, 0.05) is 6.04 Å². The van der Waals surface area contributed by atoms with Gasteiger partial charge in [-0.3, -0.25) is 5.32 Å². The lowest BCUT2D eigenvalue weighted by atomic mass is 10.0. The van der Waals surface area contributed by atoms with E-state index in [1.807, 2.05) is 6.92 Å². The summed E-state index contributed by atoms with van der Waals surface area (Å²) in [5.41, 5.74) is 2.62. The summed E-state index contributed by atoms with van der Waals surface area (Å²) in [5.74, 6) is 2.67. The molecule has 1 aromatic carbocycles. The van der Waals surface area contributed by atoms with Crippen molar-refractivity contribution in [3.05, 3.63) is 35.4 Å². The van der Waals surface area contributed by atoms with Crippen LogP contribution in [0.1, 0.15) is 31.0 Å². The van der Waals surface area contributed by atoms with Crippen LogP contribution in [0.3, 0.4) is 0 Å². The Labute approximate surface area is 86.5 Å². The zero-order valence-electron chi connectivity index (χ0n) is 9.04. The lowest BCUT2D eigenvalue weighted by molar-refractivity contribution is 0.544. The number of benzene rings is 1. The summed E-state index contributed by atoms with van der Waals surface area (Å²) in [4.78, 5) is 0. The molecule has 2 atom stereocenters. The Bertz CT molecular complexity index is 335. The molecule has 0 spiro atoms. The molecule has 1 heteroatoms. The number of hydrogen-bond donors (Lipinski definition) is 1. The van der Waals surface area contributed by atoms with Crippen LogP contribution in [0.2, 0.25) is 0 Å². The molecule has 0 saturated heterocycles. The second-order valence-corrected chi connectivity index (χ2v) is 3.63. The van der Waals surface area contributed by atoms with E-state index in [4.69, 9.17) is 6.42 Å². The van der Waals surface area contributed by atoms with E-state index in [9.17, 15) is 0 Å². The Balaban J connectivity index is 2.75. The van der Waals surface area contributed by atoms with Crippen LogP contribution in [-0.4, -0.2) is 6.04 Å². The maximum Gasteiger partial charge on any atom is 0.0662 e. The summed E-state index contributed by atoms with van der Waals surface area (Å²) < 4.78 is 0. The summed E-state index contributed by atoms with van der Waals surface area (Å²) in [5, 5.41) is 3.35. The average molecular weight is 187 g/mol. The third-order valence-corrected chi connectivity index (χ3v) is 2.40. The number of rotatable bonds is 3. The predicted octanol–water partition coefficient (Wildman–Crippen LogP) is 2.67. The molecule has 14 heavy (non-hydrogen) atoms. The number of hydrogen-bond acceptors (Lipinski definition) is 1. The molecule has 0 aliphatic rings. The molecule has 1 nitrogen and oxygen atoms in total. The van der Waals surface area contributed by atoms with Gasteiger partial charge < -0.3 is 0 Å². The maximum absolute atomic E-state index is 5.32. The second kappa shape index (κ2) is 4.83. The van der Waals surface area contributed by atoms with Gasteiger partial charge in [0.05, 0.1) is 6.04 Å². The molecular formula is C13H17N. The fraction of sp³-hybridized carbons (Fsp3) is 0.385. The van der Waals surface area contributed by atoms with E-state index in [1.165, 1.54) is 11.1 Å². The summed E-state index contributed by atoms with van der Waals surface area (Å²) >= 11 is 0. The Kier molecular flexibility index (Phi) is 3.73. The molecule has 1 rings (SSSR count). The molecule has 0 aromatic heterocycles. The molecule has 0 aliphatic carbocycles. The van der Waals surface area contributed by atoms with Crippen LogP contribution < -0.4 is 5.32 Å². The van der Waals surface area contributed by atoms with E-state index in [0.29, 0.717) is 6.04 Å². The first-order valence-corrected chi connectivity index (χ1v) is 4.93. The molecular weight excluding hydrogens is 170 g/mol. The minimum atomic E-state index is 0.115. The fourth-order valence-electron chi connectivity index (χ4n) is 1.59. The van der Waals surface area contributed by atoms with Gasteiger partial charge in [-0.2, -0.15) is 0 Å². The average Bonchev–Trinajstić information content (AvgIpc) is 2.18. The van der Waals surface area contributed by atoms with Crippen LogP contribution in [0.15, 0.2) is 24.3 Å². The SMILES string of the molecule is C#CC(C)NC(C)c1ccccc1C. The Morgan fingerprint density at radius 2 is 1.93 bits per heavy atom. The van der Waals surface area contributed by atoms with Crippen molar-refractivity contribution in [3.8, 4) is 12.3 Å². The first-order valence-electron chi connectivity index (χ1n) is 4.93. The fourth-order valence-corrected chi connectivity index (χ4v) is 1.59. The summed E-state index contributed by atoms with van der Waals surface area (Å²) in [6, 6.07) is 8.79. The summed E-state index contributed by atoms with van der Waals surface area (Å²) in [6.07, 6.45) is 5.32. The topological polar surface area (TPSA) is 12.0 Å². The largest absolute Gasteiger partial charge is 0.297 e. The van der Waals surface area contributed by atoms with Gasteiger partial charge in [0.1, 0.15) is 0 Å². The van der Waals surface area contributed by atoms with Crippen LogP contribution >= 0.6 is 0 Å². The van der Waals surface area contributed by atoms with Gasteiger partial charge in [0.2, 0.25) is 0 Å². The van der Waals surface area contributed by atoms with E-state index in [1.54, 1.807) is 0 Å². The third kappa shape index (κ3) is 2.61. The van der Waals surface area contributed by atoms with Gasteiger partial charge >= 0.3 is 0 Å². The number of aryl methyl sites for hydroxylation is 1. The predicted molar refractivity (Wildman–Crippen MR) is 61.0 cm³/mol. The van der Waals surface area contributed by atoms with Gasteiger partial charge in [-0.15, -0.1) is 6.42 Å². The Morgan fingerprint density at radius 1 is 1.29 bits per heavy atom. The summed E-state index contributed by atoms with van der Waals surface area (Å²) in [7, 11) is 0. The highest BCUT2D eigenvalue weighted by Crippen LogP contribution is 2.16. The quantitative estimate of drug-likeness (QED) is 0.717. The van der Waals surface area contributed by atoms with Gasteiger partial charge in [0.15, 0.2) is 0 Å². The lowest BCUT2D eigenvalue weighted by Gasteiger charge is -2.18. The molecule has 0 aliphatic heterocycles. The van der Waals surface area contributed by atoms with E-state index in [-0.39, 0.29) is 6.04 Å². The first kappa shape index (κ1) is 10.8. The van der Waals surface area contributed by atoms with Gasteiger partial charge in [-0.25, -0.2) is 0 Å². The van der Waals surface area contributed by atoms with Crippen LogP contribution in [0.4, 0.5) is 0 Å². The lowest BCUT2D eigenvalue weighted by Crippen LogP contribution is -2.27. The van der Waals surface area contributed by atoms with Crippen molar-refractivity contribution in [3.63, 3.8) is 0 Å². The molecule has 0 heterocycles. The molecule has 0 amide bonds. The van der Waals surface area contributed by atoms with Crippen molar-refractivity contribution in [1.29, 1.82) is 0 Å².